The molecular weight excluding hydrogens is 234 g/mol. The number of pyridine rings is 1. The van der Waals surface area contributed by atoms with E-state index in [0.717, 1.165) is 34.3 Å². The van der Waals surface area contributed by atoms with Crippen molar-refractivity contribution in [3.63, 3.8) is 0 Å². The summed E-state index contributed by atoms with van der Waals surface area (Å²) in [7, 11) is 0. The average molecular weight is 249 g/mol. The predicted octanol–water partition coefficient (Wildman–Crippen LogP) is 3.51. The van der Waals surface area contributed by atoms with Gasteiger partial charge in [0.15, 0.2) is 0 Å². The van der Waals surface area contributed by atoms with E-state index in [1.54, 1.807) is 6.20 Å². The van der Waals surface area contributed by atoms with Crippen LogP contribution in [0.2, 0.25) is 0 Å². The van der Waals surface area contributed by atoms with Gasteiger partial charge >= 0.3 is 0 Å². The summed E-state index contributed by atoms with van der Waals surface area (Å²) in [6, 6.07) is 12.2. The van der Waals surface area contributed by atoms with Gasteiger partial charge in [0, 0.05) is 17.8 Å². The van der Waals surface area contributed by atoms with Gasteiger partial charge in [-0.05, 0) is 30.2 Å². The van der Waals surface area contributed by atoms with E-state index in [-0.39, 0.29) is 0 Å². The Hall–Kier alpha value is -2.42. The largest absolute Gasteiger partial charge is 0.264 e. The van der Waals surface area contributed by atoms with Crippen LogP contribution in [-0.2, 0) is 6.54 Å². The Balaban J connectivity index is 2.11. The van der Waals surface area contributed by atoms with Gasteiger partial charge < -0.3 is 0 Å². The lowest BCUT2D eigenvalue weighted by molar-refractivity contribution is 0.706. The predicted molar refractivity (Wildman–Crippen MR) is 77.8 cm³/mol. The van der Waals surface area contributed by atoms with Crippen molar-refractivity contribution in [1.29, 1.82) is 0 Å². The molecule has 0 fully saturated rings. The molecule has 3 rings (SSSR count). The normalized spacial score (nSPS) is 10.8. The van der Waals surface area contributed by atoms with Gasteiger partial charge in [-0.1, -0.05) is 30.8 Å². The number of hydrogen-bond acceptors (Lipinski definition) is 2. The molecule has 1 aromatic carbocycles. The van der Waals surface area contributed by atoms with Crippen LogP contribution in [0.4, 0.5) is 0 Å². The summed E-state index contributed by atoms with van der Waals surface area (Å²) in [4.78, 5) is 4.14. The quantitative estimate of drug-likeness (QED) is 0.711. The van der Waals surface area contributed by atoms with Gasteiger partial charge in [-0.2, -0.15) is 5.10 Å². The second kappa shape index (κ2) is 4.69. The topological polar surface area (TPSA) is 30.7 Å². The van der Waals surface area contributed by atoms with Crippen molar-refractivity contribution in [1.82, 2.24) is 14.8 Å². The first kappa shape index (κ1) is 11.7. The lowest BCUT2D eigenvalue weighted by Crippen LogP contribution is -2.02. The summed E-state index contributed by atoms with van der Waals surface area (Å²) >= 11 is 0. The molecule has 0 saturated carbocycles. The molecule has 0 aliphatic carbocycles. The maximum atomic E-state index is 4.67. The highest BCUT2D eigenvalue weighted by molar-refractivity contribution is 5.89. The van der Waals surface area contributed by atoms with Crippen LogP contribution in [0.5, 0.6) is 0 Å². The standard InChI is InChI=1S/C16H15N3/c1-12(2)16-14-7-3-4-8-15(14)19(18-16)11-13-6-5-9-17-10-13/h3-10H,1,11H2,2H3. The Morgan fingerprint density at radius 3 is 2.79 bits per heavy atom. The number of aromatic nitrogens is 3. The van der Waals surface area contributed by atoms with Gasteiger partial charge in [-0.15, -0.1) is 0 Å². The molecule has 0 radical (unpaired) electrons. The van der Waals surface area contributed by atoms with Crippen LogP contribution in [0.3, 0.4) is 0 Å². The SMILES string of the molecule is C=C(C)c1nn(Cc2cccnc2)c2ccccc12. The summed E-state index contributed by atoms with van der Waals surface area (Å²) in [6.07, 6.45) is 3.65. The fraction of sp³-hybridized carbons (Fsp3) is 0.125. The van der Waals surface area contributed by atoms with E-state index in [0.29, 0.717) is 0 Å². The van der Waals surface area contributed by atoms with Gasteiger partial charge in [0.1, 0.15) is 0 Å². The minimum Gasteiger partial charge on any atom is -0.264 e. The Bertz CT molecular complexity index is 726. The average Bonchev–Trinajstić information content (AvgIpc) is 2.79. The molecule has 0 amide bonds. The van der Waals surface area contributed by atoms with Crippen molar-refractivity contribution in [3.05, 3.63) is 66.6 Å². The summed E-state index contributed by atoms with van der Waals surface area (Å²) in [6.45, 7) is 6.72. The number of allylic oxidation sites excluding steroid dienone is 1. The number of fused-ring (bicyclic) bond motifs is 1. The molecule has 0 aliphatic heterocycles. The van der Waals surface area contributed by atoms with E-state index in [1.165, 1.54) is 0 Å². The first-order valence-electron chi connectivity index (χ1n) is 6.26. The van der Waals surface area contributed by atoms with Crippen molar-refractivity contribution in [2.24, 2.45) is 0 Å². The zero-order valence-corrected chi connectivity index (χ0v) is 10.9. The minimum absolute atomic E-state index is 0.724. The molecule has 0 bridgehead atoms. The monoisotopic (exact) mass is 249 g/mol. The van der Waals surface area contributed by atoms with Crippen LogP contribution in [-0.4, -0.2) is 14.8 Å². The summed E-state index contributed by atoms with van der Waals surface area (Å²) in [5.74, 6) is 0. The lowest BCUT2D eigenvalue weighted by Gasteiger charge is -2.02. The first-order chi connectivity index (χ1) is 9.25. The molecule has 94 valence electrons. The van der Waals surface area contributed by atoms with Crippen LogP contribution in [0.15, 0.2) is 55.4 Å². The molecule has 3 heteroatoms. The van der Waals surface area contributed by atoms with Gasteiger partial charge in [0.2, 0.25) is 0 Å². The smallest absolute Gasteiger partial charge is 0.0953 e. The van der Waals surface area contributed by atoms with Crippen molar-refractivity contribution in [2.45, 2.75) is 13.5 Å². The molecule has 19 heavy (non-hydrogen) atoms. The van der Waals surface area contributed by atoms with Crippen LogP contribution in [0.25, 0.3) is 16.5 Å². The molecule has 0 saturated heterocycles. The van der Waals surface area contributed by atoms with E-state index >= 15 is 0 Å². The number of nitrogens with zero attached hydrogens (tertiary/aromatic N) is 3. The maximum absolute atomic E-state index is 4.67. The third kappa shape index (κ3) is 2.15. The summed E-state index contributed by atoms with van der Waals surface area (Å²) in [5, 5.41) is 5.83. The first-order valence-corrected chi connectivity index (χ1v) is 6.26. The summed E-state index contributed by atoms with van der Waals surface area (Å²) < 4.78 is 2.01. The third-order valence-electron chi connectivity index (χ3n) is 3.12. The maximum Gasteiger partial charge on any atom is 0.0953 e. The second-order valence-electron chi connectivity index (χ2n) is 4.67. The molecule has 3 nitrogen and oxygen atoms in total. The fourth-order valence-corrected chi connectivity index (χ4v) is 2.23. The number of para-hydroxylation sites is 1. The van der Waals surface area contributed by atoms with Crippen LogP contribution < -0.4 is 0 Å². The van der Waals surface area contributed by atoms with Crippen molar-refractivity contribution in [3.8, 4) is 0 Å². The number of hydrogen-bond donors (Lipinski definition) is 0. The van der Waals surface area contributed by atoms with Crippen LogP contribution >= 0.6 is 0 Å². The Morgan fingerprint density at radius 2 is 2.05 bits per heavy atom. The number of benzene rings is 1. The highest BCUT2D eigenvalue weighted by Crippen LogP contribution is 2.23. The minimum atomic E-state index is 0.724. The molecule has 3 aromatic rings. The Morgan fingerprint density at radius 1 is 1.21 bits per heavy atom. The van der Waals surface area contributed by atoms with Gasteiger partial charge in [-0.25, -0.2) is 0 Å². The lowest BCUT2D eigenvalue weighted by atomic mass is 10.1. The van der Waals surface area contributed by atoms with Gasteiger partial charge in [0.05, 0.1) is 17.8 Å². The molecular formula is C16H15N3. The number of rotatable bonds is 3. The van der Waals surface area contributed by atoms with E-state index < -0.39 is 0 Å². The fourth-order valence-electron chi connectivity index (χ4n) is 2.23. The van der Waals surface area contributed by atoms with E-state index in [2.05, 4.69) is 34.9 Å². The molecule has 0 N–H and O–H groups in total. The van der Waals surface area contributed by atoms with Gasteiger partial charge in [-0.3, -0.25) is 9.67 Å². The summed E-state index contributed by atoms with van der Waals surface area (Å²) in [5.41, 5.74) is 4.23. The Labute approximate surface area is 112 Å². The molecule has 2 aromatic heterocycles. The van der Waals surface area contributed by atoms with Crippen molar-refractivity contribution < 1.29 is 0 Å². The molecule has 0 unspecified atom stereocenters. The Kier molecular flexibility index (Phi) is 2.88. The highest BCUT2D eigenvalue weighted by atomic mass is 15.3. The van der Waals surface area contributed by atoms with Crippen molar-refractivity contribution in [2.75, 3.05) is 0 Å². The zero-order valence-electron chi connectivity index (χ0n) is 10.9. The van der Waals surface area contributed by atoms with Crippen molar-refractivity contribution >= 4 is 16.5 Å². The van der Waals surface area contributed by atoms with E-state index in [9.17, 15) is 0 Å². The molecule has 0 spiro atoms. The molecule has 0 atom stereocenters. The molecule has 0 aliphatic rings. The van der Waals surface area contributed by atoms with Gasteiger partial charge in [0.25, 0.3) is 0 Å². The highest BCUT2D eigenvalue weighted by Gasteiger charge is 2.10. The van der Waals surface area contributed by atoms with Crippen LogP contribution in [0, 0.1) is 0 Å². The van der Waals surface area contributed by atoms with Crippen LogP contribution in [0.1, 0.15) is 18.2 Å². The zero-order chi connectivity index (χ0) is 13.2. The van der Waals surface area contributed by atoms with E-state index in [4.69, 9.17) is 0 Å². The second-order valence-corrected chi connectivity index (χ2v) is 4.67. The van der Waals surface area contributed by atoms with E-state index in [1.807, 2.05) is 36.0 Å². The molecule has 2 heterocycles. The third-order valence-corrected chi connectivity index (χ3v) is 3.12.